The van der Waals surface area contributed by atoms with Crippen molar-refractivity contribution in [2.24, 2.45) is 0 Å². The van der Waals surface area contributed by atoms with Gasteiger partial charge in [0.15, 0.2) is 0 Å². The average Bonchev–Trinajstić information content (AvgIpc) is 2.46. The van der Waals surface area contributed by atoms with E-state index in [1.54, 1.807) is 30.3 Å². The third kappa shape index (κ3) is 5.54. The van der Waals surface area contributed by atoms with E-state index < -0.39 is 11.8 Å². The lowest BCUT2D eigenvalue weighted by molar-refractivity contribution is 0.251. The number of rotatable bonds is 5. The van der Waals surface area contributed by atoms with E-state index in [9.17, 15) is 13.6 Å². The highest BCUT2D eigenvalue weighted by Gasteiger charge is 2.07. The number of carbonyl (C=O) groups excluding carboxylic acids is 1. The van der Waals surface area contributed by atoms with Gasteiger partial charge in [0.2, 0.25) is 0 Å². The molecule has 116 valence electrons. The standard InChI is InChI=1S/C15H13ClF2N2OS/c16-11-6-4-10(5-7-11)9-19-15(21)20-12-2-1-3-13(8-12)22-14(17)18/h1-8,14H,9H2,(H2,19,20,21). The first kappa shape index (κ1) is 16.6. The van der Waals surface area contributed by atoms with Crippen LogP contribution in [0.5, 0.6) is 0 Å². The normalized spacial score (nSPS) is 10.5. The van der Waals surface area contributed by atoms with Crippen LogP contribution in [0.25, 0.3) is 0 Å². The Morgan fingerprint density at radius 3 is 2.59 bits per heavy atom. The van der Waals surface area contributed by atoms with Crippen molar-refractivity contribution in [3.63, 3.8) is 0 Å². The number of alkyl halides is 2. The summed E-state index contributed by atoms with van der Waals surface area (Å²) in [6, 6.07) is 13.0. The van der Waals surface area contributed by atoms with Crippen LogP contribution in [0, 0.1) is 0 Å². The smallest absolute Gasteiger partial charge is 0.319 e. The van der Waals surface area contributed by atoms with Gasteiger partial charge in [-0.15, -0.1) is 0 Å². The van der Waals surface area contributed by atoms with E-state index in [0.717, 1.165) is 5.56 Å². The summed E-state index contributed by atoms with van der Waals surface area (Å²) in [6.07, 6.45) is 0. The van der Waals surface area contributed by atoms with Gasteiger partial charge in [-0.05, 0) is 35.9 Å². The van der Waals surface area contributed by atoms with Crippen molar-refractivity contribution in [3.8, 4) is 0 Å². The zero-order valence-electron chi connectivity index (χ0n) is 11.4. The molecule has 0 aliphatic carbocycles. The molecule has 0 aromatic heterocycles. The minimum absolute atomic E-state index is 0.342. The molecule has 0 fully saturated rings. The first-order valence-electron chi connectivity index (χ1n) is 6.37. The van der Waals surface area contributed by atoms with E-state index in [0.29, 0.717) is 33.9 Å². The number of carbonyl (C=O) groups is 1. The molecule has 0 heterocycles. The minimum atomic E-state index is -2.49. The van der Waals surface area contributed by atoms with E-state index >= 15 is 0 Å². The number of anilines is 1. The van der Waals surface area contributed by atoms with Crippen molar-refractivity contribution in [2.75, 3.05) is 5.32 Å². The van der Waals surface area contributed by atoms with Crippen molar-refractivity contribution in [1.29, 1.82) is 0 Å². The Labute approximate surface area is 136 Å². The molecule has 0 spiro atoms. The number of nitrogens with one attached hydrogen (secondary N) is 2. The second-order valence-electron chi connectivity index (χ2n) is 4.34. The molecule has 0 bridgehead atoms. The highest BCUT2D eigenvalue weighted by Crippen LogP contribution is 2.27. The number of hydrogen-bond donors (Lipinski definition) is 2. The van der Waals surface area contributed by atoms with Crippen LogP contribution in [0.3, 0.4) is 0 Å². The predicted molar refractivity (Wildman–Crippen MR) is 85.6 cm³/mol. The van der Waals surface area contributed by atoms with Gasteiger partial charge in [-0.2, -0.15) is 8.78 Å². The molecule has 2 aromatic carbocycles. The van der Waals surface area contributed by atoms with Crippen LogP contribution in [-0.2, 0) is 6.54 Å². The van der Waals surface area contributed by atoms with Gasteiger partial charge in [-0.1, -0.05) is 41.6 Å². The number of urea groups is 1. The molecular formula is C15H13ClF2N2OS. The summed E-state index contributed by atoms with van der Waals surface area (Å²) >= 11 is 6.21. The number of thioether (sulfide) groups is 1. The molecular weight excluding hydrogens is 330 g/mol. The molecule has 7 heteroatoms. The minimum Gasteiger partial charge on any atom is -0.334 e. The van der Waals surface area contributed by atoms with E-state index in [4.69, 9.17) is 11.6 Å². The molecule has 3 nitrogen and oxygen atoms in total. The summed E-state index contributed by atoms with van der Waals surface area (Å²) in [5.74, 6) is -2.49. The molecule has 2 aromatic rings. The summed E-state index contributed by atoms with van der Waals surface area (Å²) in [6.45, 7) is 0.342. The van der Waals surface area contributed by atoms with Crippen LogP contribution < -0.4 is 10.6 Å². The largest absolute Gasteiger partial charge is 0.334 e. The molecule has 0 unspecified atom stereocenters. The van der Waals surface area contributed by atoms with Gasteiger partial charge >= 0.3 is 6.03 Å². The number of halogens is 3. The molecule has 0 atom stereocenters. The van der Waals surface area contributed by atoms with Crippen LogP contribution in [0.4, 0.5) is 19.3 Å². The van der Waals surface area contributed by atoms with E-state index in [-0.39, 0.29) is 0 Å². The van der Waals surface area contributed by atoms with Crippen LogP contribution >= 0.6 is 23.4 Å². The fraction of sp³-hybridized carbons (Fsp3) is 0.133. The van der Waals surface area contributed by atoms with E-state index in [1.807, 2.05) is 12.1 Å². The Morgan fingerprint density at radius 1 is 1.18 bits per heavy atom. The summed E-state index contributed by atoms with van der Waals surface area (Å²) in [7, 11) is 0. The van der Waals surface area contributed by atoms with Gasteiger partial charge in [0.25, 0.3) is 5.76 Å². The molecule has 0 aliphatic heterocycles. The lowest BCUT2D eigenvalue weighted by Crippen LogP contribution is -2.28. The van der Waals surface area contributed by atoms with Gasteiger partial charge in [0.05, 0.1) is 0 Å². The predicted octanol–water partition coefficient (Wildman–Crippen LogP) is 4.98. The maximum Gasteiger partial charge on any atom is 0.319 e. The third-order valence-electron chi connectivity index (χ3n) is 2.68. The number of hydrogen-bond acceptors (Lipinski definition) is 2. The Bertz CT molecular complexity index is 638. The van der Waals surface area contributed by atoms with Gasteiger partial charge in [0, 0.05) is 22.2 Å². The Hall–Kier alpha value is -1.79. The maximum absolute atomic E-state index is 12.3. The zero-order valence-corrected chi connectivity index (χ0v) is 12.9. The SMILES string of the molecule is O=C(NCc1ccc(Cl)cc1)Nc1cccc(SC(F)F)c1. The molecule has 2 amide bonds. The van der Waals surface area contributed by atoms with E-state index in [2.05, 4.69) is 10.6 Å². The first-order chi connectivity index (χ1) is 10.5. The summed E-state index contributed by atoms with van der Waals surface area (Å²) in [5, 5.41) is 5.91. The van der Waals surface area contributed by atoms with E-state index in [1.165, 1.54) is 6.07 Å². The molecule has 0 saturated heterocycles. The van der Waals surface area contributed by atoms with Gasteiger partial charge in [-0.3, -0.25) is 0 Å². The van der Waals surface area contributed by atoms with Gasteiger partial charge in [0.1, 0.15) is 0 Å². The Balaban J connectivity index is 1.87. The van der Waals surface area contributed by atoms with Crippen molar-refractivity contribution in [1.82, 2.24) is 5.32 Å². The van der Waals surface area contributed by atoms with Gasteiger partial charge in [-0.25, -0.2) is 4.79 Å². The molecule has 2 N–H and O–H groups in total. The average molecular weight is 343 g/mol. The van der Waals surface area contributed by atoms with Crippen LogP contribution in [0.1, 0.15) is 5.56 Å². The fourth-order valence-electron chi connectivity index (χ4n) is 1.71. The topological polar surface area (TPSA) is 41.1 Å². The maximum atomic E-state index is 12.3. The Kier molecular flexibility index (Phi) is 6.03. The van der Waals surface area contributed by atoms with Crippen molar-refractivity contribution < 1.29 is 13.6 Å². The van der Waals surface area contributed by atoms with Crippen molar-refractivity contribution in [3.05, 3.63) is 59.1 Å². The lowest BCUT2D eigenvalue weighted by atomic mass is 10.2. The van der Waals surface area contributed by atoms with Crippen LogP contribution in [0.15, 0.2) is 53.4 Å². The quantitative estimate of drug-likeness (QED) is 0.753. The summed E-state index contributed by atoms with van der Waals surface area (Å²) < 4.78 is 24.6. The molecule has 2 rings (SSSR count). The monoisotopic (exact) mass is 342 g/mol. The lowest BCUT2D eigenvalue weighted by Gasteiger charge is -2.09. The highest BCUT2D eigenvalue weighted by molar-refractivity contribution is 7.99. The second kappa shape index (κ2) is 8.00. The fourth-order valence-corrected chi connectivity index (χ4v) is 2.39. The first-order valence-corrected chi connectivity index (χ1v) is 7.63. The molecule has 0 radical (unpaired) electrons. The second-order valence-corrected chi connectivity index (χ2v) is 5.84. The number of amides is 2. The van der Waals surface area contributed by atoms with Crippen molar-refractivity contribution >= 4 is 35.1 Å². The van der Waals surface area contributed by atoms with Crippen molar-refractivity contribution in [2.45, 2.75) is 17.2 Å². The molecule has 0 saturated carbocycles. The highest BCUT2D eigenvalue weighted by atomic mass is 35.5. The Morgan fingerprint density at radius 2 is 1.91 bits per heavy atom. The molecule has 0 aliphatic rings. The van der Waals surface area contributed by atoms with Crippen LogP contribution in [0.2, 0.25) is 5.02 Å². The third-order valence-corrected chi connectivity index (χ3v) is 3.64. The van der Waals surface area contributed by atoms with Gasteiger partial charge < -0.3 is 10.6 Å². The van der Waals surface area contributed by atoms with Crippen LogP contribution in [-0.4, -0.2) is 11.8 Å². The zero-order chi connectivity index (χ0) is 15.9. The summed E-state index contributed by atoms with van der Waals surface area (Å²) in [5.41, 5.74) is 1.36. The number of benzene rings is 2. The molecule has 22 heavy (non-hydrogen) atoms. The summed E-state index contributed by atoms with van der Waals surface area (Å²) in [4.78, 5) is 12.2.